The van der Waals surface area contributed by atoms with Crippen molar-refractivity contribution in [2.75, 3.05) is 4.72 Å². The molecule has 0 spiro atoms. The third-order valence-corrected chi connectivity index (χ3v) is 7.72. The molecule has 8 nitrogen and oxygen atoms in total. The molecule has 0 saturated heterocycles. The molecule has 0 atom stereocenters. The van der Waals surface area contributed by atoms with Crippen molar-refractivity contribution in [3.63, 3.8) is 0 Å². The molecule has 3 aromatic carbocycles. The molecule has 2 N–H and O–H groups in total. The Hall–Kier alpha value is -3.53. The second kappa shape index (κ2) is 10.2. The average Bonchev–Trinajstić information content (AvgIpc) is 3.06. The van der Waals surface area contributed by atoms with Crippen molar-refractivity contribution >= 4 is 44.8 Å². The fourth-order valence-electron chi connectivity index (χ4n) is 3.61. The van der Waals surface area contributed by atoms with Crippen molar-refractivity contribution in [3.8, 4) is 5.69 Å². The van der Waals surface area contributed by atoms with Gasteiger partial charge >= 0.3 is 0 Å². The highest BCUT2D eigenvalue weighted by atomic mass is 35.5. The highest BCUT2D eigenvalue weighted by Gasteiger charge is 2.25. The van der Waals surface area contributed by atoms with Gasteiger partial charge in [0, 0.05) is 24.2 Å². The molecule has 1 heterocycles. The molecule has 0 unspecified atom stereocenters. The first-order chi connectivity index (χ1) is 17.1. The molecule has 4 rings (SSSR count). The van der Waals surface area contributed by atoms with E-state index in [1.165, 1.54) is 22.9 Å². The molecule has 1 amide bonds. The van der Waals surface area contributed by atoms with Gasteiger partial charge in [0.1, 0.15) is 10.6 Å². The molecule has 0 saturated carbocycles. The summed E-state index contributed by atoms with van der Waals surface area (Å²) in [5.41, 5.74) is 1.25. The lowest BCUT2D eigenvalue weighted by Gasteiger charge is -2.11. The van der Waals surface area contributed by atoms with Crippen LogP contribution >= 0.6 is 23.2 Å². The number of halogens is 2. The Bertz CT molecular complexity index is 1600. The SMILES string of the molecule is Cc1c(NS(=O)(=O)c2cc(C(=O)NCc3ccc(Cl)cc3)ccc2Cl)c(=O)n(-c2ccccc2)n1C. The Morgan fingerprint density at radius 3 is 2.31 bits per heavy atom. The zero-order chi connectivity index (χ0) is 26.0. The van der Waals surface area contributed by atoms with Crippen LogP contribution in [0.4, 0.5) is 5.69 Å². The molecule has 36 heavy (non-hydrogen) atoms. The van der Waals surface area contributed by atoms with Crippen molar-refractivity contribution in [3.05, 3.63) is 110 Å². The maximum atomic E-state index is 13.3. The van der Waals surface area contributed by atoms with Crippen LogP contribution in [0.2, 0.25) is 10.0 Å². The summed E-state index contributed by atoms with van der Waals surface area (Å²) in [5.74, 6) is -0.486. The molecular weight excluding hydrogens is 523 g/mol. The van der Waals surface area contributed by atoms with Gasteiger partial charge in [0.25, 0.3) is 21.5 Å². The van der Waals surface area contributed by atoms with Crippen LogP contribution in [-0.2, 0) is 23.6 Å². The topological polar surface area (TPSA) is 102 Å². The van der Waals surface area contributed by atoms with Gasteiger partial charge in [-0.3, -0.25) is 19.0 Å². The predicted octanol–water partition coefficient (Wildman–Crippen LogP) is 4.52. The van der Waals surface area contributed by atoms with Gasteiger partial charge in [0.2, 0.25) is 0 Å². The van der Waals surface area contributed by atoms with E-state index in [2.05, 4.69) is 10.0 Å². The van der Waals surface area contributed by atoms with Crippen LogP contribution in [0.5, 0.6) is 0 Å². The van der Waals surface area contributed by atoms with Gasteiger partial charge in [0.15, 0.2) is 0 Å². The fourth-order valence-corrected chi connectivity index (χ4v) is 5.38. The van der Waals surface area contributed by atoms with Crippen molar-refractivity contribution in [1.82, 2.24) is 14.7 Å². The number of carbonyl (C=O) groups excluding carboxylic acids is 1. The van der Waals surface area contributed by atoms with Gasteiger partial charge in [-0.1, -0.05) is 53.5 Å². The van der Waals surface area contributed by atoms with Crippen LogP contribution in [0.25, 0.3) is 5.69 Å². The smallest absolute Gasteiger partial charge is 0.296 e. The standard InChI is InChI=1S/C25H22Cl2N4O4S/c1-16-23(25(33)31(30(16)2)20-6-4-3-5-7-20)29-36(34,35)22-14-18(10-13-21(22)27)24(32)28-15-17-8-11-19(26)12-9-17/h3-14,29H,15H2,1-2H3,(H,28,32). The van der Waals surface area contributed by atoms with Crippen molar-refractivity contribution < 1.29 is 13.2 Å². The number of aromatic nitrogens is 2. The number of rotatable bonds is 7. The molecule has 1 aromatic heterocycles. The summed E-state index contributed by atoms with van der Waals surface area (Å²) in [4.78, 5) is 25.5. The first-order valence-electron chi connectivity index (χ1n) is 10.8. The minimum atomic E-state index is -4.31. The summed E-state index contributed by atoms with van der Waals surface area (Å²) in [6.07, 6.45) is 0. The van der Waals surface area contributed by atoms with Crippen LogP contribution < -0.4 is 15.6 Å². The number of hydrogen-bond donors (Lipinski definition) is 2. The molecule has 0 fully saturated rings. The Kier molecular flexibility index (Phi) is 7.26. The van der Waals surface area contributed by atoms with Crippen molar-refractivity contribution in [2.24, 2.45) is 7.05 Å². The summed E-state index contributed by atoms with van der Waals surface area (Å²) in [5, 5.41) is 3.22. The van der Waals surface area contributed by atoms with Crippen LogP contribution in [-0.4, -0.2) is 23.7 Å². The Morgan fingerprint density at radius 2 is 1.64 bits per heavy atom. The van der Waals surface area contributed by atoms with E-state index < -0.39 is 21.5 Å². The number of nitrogens with one attached hydrogen (secondary N) is 2. The summed E-state index contributed by atoms with van der Waals surface area (Å²) in [6, 6.07) is 19.7. The normalized spacial score (nSPS) is 11.3. The Labute approximate surface area is 218 Å². The van der Waals surface area contributed by atoms with Gasteiger partial charge in [-0.15, -0.1) is 0 Å². The molecule has 0 aliphatic heterocycles. The lowest BCUT2D eigenvalue weighted by Crippen LogP contribution is -2.24. The van der Waals surface area contributed by atoms with E-state index in [0.717, 1.165) is 5.56 Å². The van der Waals surface area contributed by atoms with E-state index in [1.54, 1.807) is 67.2 Å². The van der Waals surface area contributed by atoms with Gasteiger partial charge in [-0.25, -0.2) is 13.1 Å². The third-order valence-electron chi connectivity index (χ3n) is 5.64. The maximum Gasteiger partial charge on any atom is 0.296 e. The van der Waals surface area contributed by atoms with Crippen LogP contribution in [0.15, 0.2) is 82.5 Å². The summed E-state index contributed by atoms with van der Waals surface area (Å²) >= 11 is 12.1. The van der Waals surface area contributed by atoms with E-state index in [1.807, 2.05) is 6.07 Å². The fraction of sp³-hybridized carbons (Fsp3) is 0.120. The van der Waals surface area contributed by atoms with Crippen LogP contribution in [0.3, 0.4) is 0 Å². The average molecular weight is 545 g/mol. The molecule has 0 bridgehead atoms. The van der Waals surface area contributed by atoms with Crippen LogP contribution in [0, 0.1) is 6.92 Å². The number of carbonyl (C=O) groups is 1. The van der Waals surface area contributed by atoms with Crippen LogP contribution in [0.1, 0.15) is 21.6 Å². The summed E-state index contributed by atoms with van der Waals surface area (Å²) < 4.78 is 31.8. The quantitative estimate of drug-likeness (QED) is 0.357. The minimum Gasteiger partial charge on any atom is -0.348 e. The van der Waals surface area contributed by atoms with E-state index >= 15 is 0 Å². The predicted molar refractivity (Wildman–Crippen MR) is 141 cm³/mol. The van der Waals surface area contributed by atoms with Crippen molar-refractivity contribution in [1.29, 1.82) is 0 Å². The van der Waals surface area contributed by atoms with Gasteiger partial charge in [-0.05, 0) is 55.0 Å². The van der Waals surface area contributed by atoms with E-state index in [4.69, 9.17) is 23.2 Å². The Balaban J connectivity index is 1.62. The third kappa shape index (κ3) is 5.18. The highest BCUT2D eigenvalue weighted by molar-refractivity contribution is 7.92. The van der Waals surface area contributed by atoms with E-state index in [-0.39, 0.29) is 27.7 Å². The summed E-state index contributed by atoms with van der Waals surface area (Å²) in [6.45, 7) is 1.85. The largest absolute Gasteiger partial charge is 0.348 e. The number of anilines is 1. The molecule has 186 valence electrons. The van der Waals surface area contributed by atoms with Gasteiger partial charge in [-0.2, -0.15) is 0 Å². The lowest BCUT2D eigenvalue weighted by atomic mass is 10.2. The zero-order valence-electron chi connectivity index (χ0n) is 19.3. The molecule has 0 radical (unpaired) electrons. The van der Waals surface area contributed by atoms with E-state index in [9.17, 15) is 18.0 Å². The molecule has 11 heteroatoms. The minimum absolute atomic E-state index is 0.0891. The van der Waals surface area contributed by atoms with Gasteiger partial charge in [0.05, 0.1) is 16.4 Å². The monoisotopic (exact) mass is 544 g/mol. The summed E-state index contributed by atoms with van der Waals surface area (Å²) in [7, 11) is -2.65. The number of sulfonamides is 1. The first kappa shape index (κ1) is 25.6. The maximum absolute atomic E-state index is 13.3. The zero-order valence-corrected chi connectivity index (χ0v) is 21.7. The van der Waals surface area contributed by atoms with Gasteiger partial charge < -0.3 is 5.32 Å². The van der Waals surface area contributed by atoms with E-state index in [0.29, 0.717) is 16.4 Å². The number of hydrogen-bond acceptors (Lipinski definition) is 4. The molecule has 4 aromatic rings. The molecule has 0 aliphatic carbocycles. The lowest BCUT2D eigenvalue weighted by molar-refractivity contribution is 0.0950. The molecule has 0 aliphatic rings. The number of nitrogens with zero attached hydrogens (tertiary/aromatic N) is 2. The number of benzene rings is 3. The first-order valence-corrected chi connectivity index (χ1v) is 13.0. The molecular formula is C25H22Cl2N4O4S. The second-order valence-corrected chi connectivity index (χ2v) is 10.5. The Morgan fingerprint density at radius 1 is 0.972 bits per heavy atom. The van der Waals surface area contributed by atoms with Crippen molar-refractivity contribution in [2.45, 2.75) is 18.4 Å². The number of para-hydroxylation sites is 1. The highest BCUT2D eigenvalue weighted by Crippen LogP contribution is 2.26. The number of amides is 1. The second-order valence-electron chi connectivity index (χ2n) is 8.00.